The molecule has 16 heteroatoms. The fourth-order valence-corrected chi connectivity index (χ4v) is 3.44. The van der Waals surface area contributed by atoms with E-state index >= 15 is 0 Å². The third-order valence-corrected chi connectivity index (χ3v) is 5.69. The van der Waals surface area contributed by atoms with Crippen LogP contribution in [0.3, 0.4) is 0 Å². The summed E-state index contributed by atoms with van der Waals surface area (Å²) in [6.07, 6.45) is 1.07. The molecule has 12 N–H and O–H groups in total. The third kappa shape index (κ3) is 11.9. The Hall–Kier alpha value is -3.95. The molecule has 0 unspecified atom stereocenters. The van der Waals surface area contributed by atoms with Gasteiger partial charge in [-0.1, -0.05) is 0 Å². The largest absolute Gasteiger partial charge is 0.480 e. The van der Waals surface area contributed by atoms with Crippen LogP contribution in [-0.4, -0.2) is 89.9 Å². The molecule has 1 heterocycles. The van der Waals surface area contributed by atoms with E-state index in [1.807, 2.05) is 0 Å². The average Bonchev–Trinajstić information content (AvgIpc) is 2.83. The molecule has 38 heavy (non-hydrogen) atoms. The van der Waals surface area contributed by atoms with Gasteiger partial charge in [0.05, 0.1) is 12.5 Å². The van der Waals surface area contributed by atoms with Gasteiger partial charge in [-0.25, -0.2) is 4.79 Å². The summed E-state index contributed by atoms with van der Waals surface area (Å²) in [6.45, 7) is 3.13. The molecule has 1 rings (SSSR count). The summed E-state index contributed by atoms with van der Waals surface area (Å²) >= 11 is 0. The molecule has 16 nitrogen and oxygen atoms in total. The van der Waals surface area contributed by atoms with Gasteiger partial charge < -0.3 is 48.9 Å². The molecule has 0 aromatic carbocycles. The Labute approximate surface area is 220 Å². The first kappa shape index (κ1) is 32.1. The monoisotopic (exact) mass is 541 g/mol. The maximum Gasteiger partial charge on any atom is 0.326 e. The highest BCUT2D eigenvalue weighted by Crippen LogP contribution is 2.04. The fraction of sp³-hybridized carbons (Fsp3) is 0.682. The number of hydrogen-bond acceptors (Lipinski definition) is 8. The van der Waals surface area contributed by atoms with Crippen LogP contribution >= 0.6 is 0 Å². The van der Waals surface area contributed by atoms with E-state index in [4.69, 9.17) is 17.2 Å². The van der Waals surface area contributed by atoms with Gasteiger partial charge in [-0.2, -0.15) is 0 Å². The molecule has 0 aliphatic carbocycles. The molecule has 1 fully saturated rings. The summed E-state index contributed by atoms with van der Waals surface area (Å²) in [7, 11) is 0. The molecular formula is C22H39N9O7. The van der Waals surface area contributed by atoms with Gasteiger partial charge in [-0.05, 0) is 46.0 Å². The van der Waals surface area contributed by atoms with E-state index in [1.165, 1.54) is 13.8 Å². The molecule has 0 aromatic rings. The van der Waals surface area contributed by atoms with Gasteiger partial charge in [0.15, 0.2) is 5.96 Å². The highest BCUT2D eigenvalue weighted by Gasteiger charge is 2.29. The summed E-state index contributed by atoms with van der Waals surface area (Å²) < 4.78 is 0. The normalized spacial score (nSPS) is 27.0. The number of hydrogen-bond donors (Lipinski definition) is 9. The van der Waals surface area contributed by atoms with Gasteiger partial charge in [0.1, 0.15) is 24.2 Å². The Morgan fingerprint density at radius 3 is 2.13 bits per heavy atom. The van der Waals surface area contributed by atoms with Crippen molar-refractivity contribution in [3.05, 3.63) is 0 Å². The molecule has 5 atom stereocenters. The number of carboxylic acid groups (broad SMARTS) is 1. The molecule has 1 aliphatic rings. The van der Waals surface area contributed by atoms with E-state index in [-0.39, 0.29) is 31.9 Å². The SMILES string of the molecule is C[C@@H]1NC(=O)[C@H](CCCN=C(N)N)NC(=O)[C@H](C)NC(=O)[C@@H](N)CCCCNC(=O)C[C@@H](C(=O)O)NC1=O. The van der Waals surface area contributed by atoms with E-state index in [1.54, 1.807) is 0 Å². The lowest BCUT2D eigenvalue weighted by Gasteiger charge is -2.24. The Morgan fingerprint density at radius 1 is 0.921 bits per heavy atom. The number of nitrogens with one attached hydrogen (secondary N) is 5. The zero-order chi connectivity index (χ0) is 28.8. The second kappa shape index (κ2) is 16.0. The average molecular weight is 542 g/mol. The molecule has 0 bridgehead atoms. The van der Waals surface area contributed by atoms with E-state index in [0.29, 0.717) is 19.3 Å². The van der Waals surface area contributed by atoms with Crippen LogP contribution in [-0.2, 0) is 28.8 Å². The molecule has 0 spiro atoms. The number of carboxylic acids is 1. The number of rotatable bonds is 5. The second-order valence-electron chi connectivity index (χ2n) is 9.03. The van der Waals surface area contributed by atoms with Crippen LogP contribution in [0.2, 0.25) is 0 Å². The Morgan fingerprint density at radius 2 is 1.53 bits per heavy atom. The zero-order valence-electron chi connectivity index (χ0n) is 21.6. The fourth-order valence-electron chi connectivity index (χ4n) is 3.44. The van der Waals surface area contributed by atoms with Crippen LogP contribution in [0.4, 0.5) is 0 Å². The number of carbonyl (C=O) groups excluding carboxylic acids is 5. The number of nitrogens with two attached hydrogens (primary N) is 3. The van der Waals surface area contributed by atoms with Crippen molar-refractivity contribution in [3.63, 3.8) is 0 Å². The highest BCUT2D eigenvalue weighted by molar-refractivity contribution is 5.95. The first-order valence-electron chi connectivity index (χ1n) is 12.3. The number of aliphatic imine (C=N–C) groups is 1. The van der Waals surface area contributed by atoms with Crippen molar-refractivity contribution in [1.29, 1.82) is 0 Å². The Balaban J connectivity index is 3.10. The summed E-state index contributed by atoms with van der Waals surface area (Å²) in [4.78, 5) is 78.2. The lowest BCUT2D eigenvalue weighted by Crippen LogP contribution is -2.57. The van der Waals surface area contributed by atoms with Crippen molar-refractivity contribution in [2.24, 2.45) is 22.2 Å². The number of carbonyl (C=O) groups is 6. The van der Waals surface area contributed by atoms with Crippen LogP contribution in [0.25, 0.3) is 0 Å². The van der Waals surface area contributed by atoms with Crippen molar-refractivity contribution in [1.82, 2.24) is 26.6 Å². The van der Waals surface area contributed by atoms with Gasteiger partial charge in [0, 0.05) is 13.1 Å². The minimum absolute atomic E-state index is 0.0841. The van der Waals surface area contributed by atoms with Crippen LogP contribution in [0.15, 0.2) is 4.99 Å². The number of amides is 5. The van der Waals surface area contributed by atoms with Gasteiger partial charge in [0.25, 0.3) is 0 Å². The molecule has 0 aromatic heterocycles. The van der Waals surface area contributed by atoms with E-state index < -0.39 is 72.1 Å². The molecule has 1 aliphatic heterocycles. The molecule has 5 amide bonds. The minimum Gasteiger partial charge on any atom is -0.480 e. The topological polar surface area (TPSA) is 273 Å². The first-order chi connectivity index (χ1) is 17.8. The minimum atomic E-state index is -1.53. The van der Waals surface area contributed by atoms with Crippen molar-refractivity contribution in [3.8, 4) is 0 Å². The van der Waals surface area contributed by atoms with Crippen molar-refractivity contribution in [2.45, 2.75) is 82.6 Å². The standard InChI is InChI=1S/C22H39N9O7/c1-11-17(33)30-14(7-5-9-27-22(24)25)20(36)29-12(2)18(34)31-15(21(37)38)10-16(32)26-8-4-3-6-13(23)19(35)28-11/h11-15H,3-10,23H2,1-2H3,(H,26,32)(H,28,35)(H,29,36)(H,30,33)(H,31,34)(H,37,38)(H4,24,25,27)/t11-,12-,13-,14-,15-/m0/s1. The maximum atomic E-state index is 12.9. The van der Waals surface area contributed by atoms with Crippen molar-refractivity contribution >= 4 is 41.5 Å². The summed E-state index contributed by atoms with van der Waals surface area (Å²) in [5.41, 5.74) is 16.5. The molecule has 214 valence electrons. The van der Waals surface area contributed by atoms with E-state index in [9.17, 15) is 33.9 Å². The summed E-state index contributed by atoms with van der Waals surface area (Å²) in [6, 6.07) is -5.79. The van der Waals surface area contributed by atoms with Crippen molar-refractivity contribution < 1.29 is 33.9 Å². The zero-order valence-corrected chi connectivity index (χ0v) is 21.6. The highest BCUT2D eigenvalue weighted by atomic mass is 16.4. The van der Waals surface area contributed by atoms with Crippen LogP contribution in [0.5, 0.6) is 0 Å². The summed E-state index contributed by atoms with van der Waals surface area (Å²) in [5.74, 6) is -4.96. The number of aliphatic carboxylic acids is 1. The lowest BCUT2D eigenvalue weighted by molar-refractivity contribution is -0.144. The quantitative estimate of drug-likeness (QED) is 0.0927. The van der Waals surface area contributed by atoms with Crippen LogP contribution < -0.4 is 43.8 Å². The smallest absolute Gasteiger partial charge is 0.326 e. The molecule has 0 radical (unpaired) electrons. The van der Waals surface area contributed by atoms with Gasteiger partial charge in [0.2, 0.25) is 29.5 Å². The Kier molecular flexibility index (Phi) is 13.5. The lowest BCUT2D eigenvalue weighted by atomic mass is 10.1. The Bertz CT molecular complexity index is 908. The van der Waals surface area contributed by atoms with Crippen molar-refractivity contribution in [2.75, 3.05) is 13.1 Å². The maximum absolute atomic E-state index is 12.9. The third-order valence-electron chi connectivity index (χ3n) is 5.69. The summed E-state index contributed by atoms with van der Waals surface area (Å²) in [5, 5.41) is 21.7. The van der Waals surface area contributed by atoms with E-state index in [0.717, 1.165) is 0 Å². The van der Waals surface area contributed by atoms with Gasteiger partial charge in [-0.15, -0.1) is 0 Å². The number of nitrogens with zero attached hydrogens (tertiary/aromatic N) is 1. The molecule has 0 saturated carbocycles. The second-order valence-corrected chi connectivity index (χ2v) is 9.03. The van der Waals surface area contributed by atoms with Crippen LogP contribution in [0.1, 0.15) is 52.4 Å². The van der Waals surface area contributed by atoms with E-state index in [2.05, 4.69) is 31.6 Å². The van der Waals surface area contributed by atoms with Gasteiger partial charge in [-0.3, -0.25) is 29.0 Å². The predicted molar refractivity (Wildman–Crippen MR) is 136 cm³/mol. The van der Waals surface area contributed by atoms with Crippen LogP contribution in [0, 0.1) is 0 Å². The molecular weight excluding hydrogens is 502 g/mol. The first-order valence-corrected chi connectivity index (χ1v) is 12.3. The number of guanidine groups is 1. The molecule has 1 saturated heterocycles. The predicted octanol–water partition coefficient (Wildman–Crippen LogP) is -3.88. The van der Waals surface area contributed by atoms with Gasteiger partial charge >= 0.3 is 5.97 Å².